The van der Waals surface area contributed by atoms with Gasteiger partial charge in [0.1, 0.15) is 0 Å². The molecule has 0 aliphatic heterocycles. The quantitative estimate of drug-likeness (QED) is 0.633. The highest BCUT2D eigenvalue weighted by Crippen LogP contribution is 2.18. The van der Waals surface area contributed by atoms with Crippen LogP contribution in [0.15, 0.2) is 0 Å². The summed E-state index contributed by atoms with van der Waals surface area (Å²) in [5, 5.41) is 14.5. The summed E-state index contributed by atoms with van der Waals surface area (Å²) >= 11 is 0. The normalized spacial score (nSPS) is 17.2. The Hall–Kier alpha value is -0.970. The molecule has 1 fully saturated rings. The summed E-state index contributed by atoms with van der Waals surface area (Å²) in [6.07, 6.45) is 2.59. The minimum Gasteiger partial charge on any atom is -0.307 e. The van der Waals surface area contributed by atoms with Crippen molar-refractivity contribution in [2.45, 2.75) is 25.4 Å². The largest absolute Gasteiger partial charge is 0.307 e. The monoisotopic (exact) mass is 153 g/mol. The van der Waals surface area contributed by atoms with Crippen molar-refractivity contribution in [2.75, 3.05) is 0 Å². The maximum atomic E-state index is 3.85. The van der Waals surface area contributed by atoms with Crippen LogP contribution in [0, 0.1) is 0 Å². The molecule has 0 bridgehead atoms. The van der Waals surface area contributed by atoms with E-state index in [1.54, 1.807) is 4.68 Å². The minimum atomic E-state index is 0.715. The molecule has 0 amide bonds. The van der Waals surface area contributed by atoms with Crippen molar-refractivity contribution in [3.05, 3.63) is 5.82 Å². The Morgan fingerprint density at radius 2 is 2.45 bits per heavy atom. The van der Waals surface area contributed by atoms with E-state index in [4.69, 9.17) is 0 Å². The van der Waals surface area contributed by atoms with Crippen LogP contribution >= 0.6 is 0 Å². The molecule has 1 saturated carbocycles. The third-order valence-electron chi connectivity index (χ3n) is 1.83. The van der Waals surface area contributed by atoms with E-state index in [1.165, 1.54) is 12.8 Å². The number of aryl methyl sites for hydroxylation is 1. The van der Waals surface area contributed by atoms with Gasteiger partial charge >= 0.3 is 0 Å². The molecule has 0 aromatic carbocycles. The van der Waals surface area contributed by atoms with E-state index in [9.17, 15) is 0 Å². The molecule has 2 rings (SSSR count). The zero-order valence-electron chi connectivity index (χ0n) is 6.49. The van der Waals surface area contributed by atoms with Crippen LogP contribution in [0.5, 0.6) is 0 Å². The maximum absolute atomic E-state index is 3.85. The topological polar surface area (TPSA) is 55.6 Å². The summed E-state index contributed by atoms with van der Waals surface area (Å²) in [6, 6.07) is 0.715. The van der Waals surface area contributed by atoms with Gasteiger partial charge in [0.25, 0.3) is 0 Å². The number of hydrogen-bond acceptors (Lipinski definition) is 4. The molecule has 0 atom stereocenters. The van der Waals surface area contributed by atoms with E-state index in [1.807, 2.05) is 7.05 Å². The number of hydrogen-bond donors (Lipinski definition) is 1. The standard InChI is InChI=1S/C6H11N5/c1-11-6(8-9-10-11)4-7-5-2-3-5/h5,7H,2-4H2,1H3. The second-order valence-corrected chi connectivity index (χ2v) is 2.87. The van der Waals surface area contributed by atoms with Crippen LogP contribution in [0.4, 0.5) is 0 Å². The molecule has 1 heterocycles. The van der Waals surface area contributed by atoms with Gasteiger partial charge in [-0.2, -0.15) is 0 Å². The fourth-order valence-electron chi connectivity index (χ4n) is 0.921. The summed E-state index contributed by atoms with van der Waals surface area (Å²) in [5.74, 6) is 0.900. The van der Waals surface area contributed by atoms with Gasteiger partial charge in [-0.25, -0.2) is 4.68 Å². The van der Waals surface area contributed by atoms with Crippen molar-refractivity contribution >= 4 is 0 Å². The summed E-state index contributed by atoms with van der Waals surface area (Å²) in [4.78, 5) is 0. The third kappa shape index (κ3) is 1.54. The Morgan fingerprint density at radius 3 is 3.00 bits per heavy atom. The molecule has 1 aliphatic carbocycles. The average molecular weight is 153 g/mol. The zero-order valence-corrected chi connectivity index (χ0v) is 6.49. The Balaban J connectivity index is 1.89. The highest BCUT2D eigenvalue weighted by Gasteiger charge is 2.20. The van der Waals surface area contributed by atoms with Crippen molar-refractivity contribution in [2.24, 2.45) is 7.05 Å². The van der Waals surface area contributed by atoms with Crippen molar-refractivity contribution < 1.29 is 0 Å². The van der Waals surface area contributed by atoms with Crippen molar-refractivity contribution in [3.63, 3.8) is 0 Å². The summed E-state index contributed by atoms with van der Waals surface area (Å²) in [6.45, 7) is 0.786. The highest BCUT2D eigenvalue weighted by atomic mass is 15.5. The van der Waals surface area contributed by atoms with Gasteiger partial charge in [0.05, 0.1) is 6.54 Å². The Labute approximate surface area is 64.8 Å². The lowest BCUT2D eigenvalue weighted by Crippen LogP contribution is -2.18. The van der Waals surface area contributed by atoms with Crippen molar-refractivity contribution in [3.8, 4) is 0 Å². The van der Waals surface area contributed by atoms with Crippen LogP contribution in [0.3, 0.4) is 0 Å². The first-order valence-electron chi connectivity index (χ1n) is 3.81. The molecule has 0 radical (unpaired) electrons. The molecule has 60 valence electrons. The second-order valence-electron chi connectivity index (χ2n) is 2.87. The van der Waals surface area contributed by atoms with E-state index in [2.05, 4.69) is 20.8 Å². The first-order valence-corrected chi connectivity index (χ1v) is 3.81. The van der Waals surface area contributed by atoms with E-state index in [0.717, 1.165) is 12.4 Å². The molecule has 5 heteroatoms. The molecule has 1 aromatic rings. The maximum Gasteiger partial charge on any atom is 0.164 e. The van der Waals surface area contributed by atoms with Gasteiger partial charge < -0.3 is 5.32 Å². The fraction of sp³-hybridized carbons (Fsp3) is 0.833. The van der Waals surface area contributed by atoms with Gasteiger partial charge in [-0.3, -0.25) is 0 Å². The smallest absolute Gasteiger partial charge is 0.164 e. The minimum absolute atomic E-state index is 0.715. The van der Waals surface area contributed by atoms with E-state index in [0.29, 0.717) is 6.04 Å². The molecule has 5 nitrogen and oxygen atoms in total. The Morgan fingerprint density at radius 1 is 1.64 bits per heavy atom. The third-order valence-corrected chi connectivity index (χ3v) is 1.83. The van der Waals surface area contributed by atoms with Gasteiger partial charge in [0.2, 0.25) is 0 Å². The molecule has 1 N–H and O–H groups in total. The lowest BCUT2D eigenvalue weighted by Gasteiger charge is -1.98. The fourth-order valence-corrected chi connectivity index (χ4v) is 0.921. The van der Waals surface area contributed by atoms with Crippen molar-refractivity contribution in [1.29, 1.82) is 0 Å². The molecular weight excluding hydrogens is 142 g/mol. The zero-order chi connectivity index (χ0) is 7.68. The van der Waals surface area contributed by atoms with Gasteiger partial charge in [-0.05, 0) is 23.3 Å². The van der Waals surface area contributed by atoms with Gasteiger partial charge in [0, 0.05) is 13.1 Å². The number of tetrazole rings is 1. The Kier molecular flexibility index (Phi) is 1.58. The predicted octanol–water partition coefficient (Wildman–Crippen LogP) is -0.538. The SMILES string of the molecule is Cn1nnnc1CNC1CC1. The van der Waals surface area contributed by atoms with Crippen LogP contribution in [0.1, 0.15) is 18.7 Å². The van der Waals surface area contributed by atoms with Crippen molar-refractivity contribution in [1.82, 2.24) is 25.5 Å². The molecule has 0 saturated heterocycles. The first-order chi connectivity index (χ1) is 5.36. The van der Waals surface area contributed by atoms with Crippen LogP contribution in [0.25, 0.3) is 0 Å². The van der Waals surface area contributed by atoms with E-state index >= 15 is 0 Å². The van der Waals surface area contributed by atoms with E-state index < -0.39 is 0 Å². The molecule has 1 aromatic heterocycles. The summed E-state index contributed by atoms with van der Waals surface area (Å²) in [7, 11) is 1.85. The second kappa shape index (κ2) is 2.58. The molecule has 1 aliphatic rings. The molecule has 0 unspecified atom stereocenters. The number of aromatic nitrogens is 4. The summed E-state index contributed by atoms with van der Waals surface area (Å²) in [5.41, 5.74) is 0. The number of rotatable bonds is 3. The average Bonchev–Trinajstić information content (AvgIpc) is 2.73. The molecule has 0 spiro atoms. The molecular formula is C6H11N5. The molecule has 11 heavy (non-hydrogen) atoms. The highest BCUT2D eigenvalue weighted by molar-refractivity contribution is 4.85. The lowest BCUT2D eigenvalue weighted by atomic mass is 10.5. The van der Waals surface area contributed by atoms with Crippen LogP contribution in [-0.2, 0) is 13.6 Å². The van der Waals surface area contributed by atoms with E-state index in [-0.39, 0.29) is 0 Å². The van der Waals surface area contributed by atoms with Crippen LogP contribution in [-0.4, -0.2) is 26.2 Å². The van der Waals surface area contributed by atoms with Crippen LogP contribution < -0.4 is 5.32 Å². The van der Waals surface area contributed by atoms with Gasteiger partial charge in [0.15, 0.2) is 5.82 Å². The summed E-state index contributed by atoms with van der Waals surface area (Å²) < 4.78 is 1.69. The van der Waals surface area contributed by atoms with Gasteiger partial charge in [-0.1, -0.05) is 0 Å². The number of nitrogens with one attached hydrogen (secondary N) is 1. The first kappa shape index (κ1) is 6.72. The van der Waals surface area contributed by atoms with Crippen LogP contribution in [0.2, 0.25) is 0 Å². The Bertz CT molecular complexity index is 239. The predicted molar refractivity (Wildman–Crippen MR) is 38.7 cm³/mol. The van der Waals surface area contributed by atoms with Gasteiger partial charge in [-0.15, -0.1) is 5.10 Å². The lowest BCUT2D eigenvalue weighted by molar-refractivity contribution is 0.609. The number of nitrogens with zero attached hydrogens (tertiary/aromatic N) is 4.